The first-order chi connectivity index (χ1) is 9.52. The van der Waals surface area contributed by atoms with Crippen molar-refractivity contribution in [2.24, 2.45) is 7.05 Å². The molecule has 6 heteroatoms. The van der Waals surface area contributed by atoms with Crippen LogP contribution in [0, 0.1) is 6.92 Å². The Morgan fingerprint density at radius 3 is 2.80 bits per heavy atom. The van der Waals surface area contributed by atoms with Gasteiger partial charge in [0.25, 0.3) is 0 Å². The fraction of sp³-hybridized carbons (Fsp3) is 0.500. The molecular formula is C14H21N5O. The Hall–Kier alpha value is -2.11. The number of hydrogen-bond acceptors (Lipinski definition) is 3. The van der Waals surface area contributed by atoms with Crippen molar-refractivity contribution in [2.45, 2.75) is 39.7 Å². The van der Waals surface area contributed by atoms with Gasteiger partial charge in [0.15, 0.2) is 0 Å². The van der Waals surface area contributed by atoms with Crippen LogP contribution in [0.2, 0.25) is 0 Å². The molecule has 20 heavy (non-hydrogen) atoms. The van der Waals surface area contributed by atoms with Crippen LogP contribution in [0.5, 0.6) is 0 Å². The summed E-state index contributed by atoms with van der Waals surface area (Å²) in [6.07, 6.45) is 4.82. The highest BCUT2D eigenvalue weighted by atomic mass is 16.1. The molecule has 0 aromatic carbocycles. The SMILES string of the molecule is CCc1nn(C)c(NC(=O)CC(C)n2cccn2)c1C. The zero-order valence-electron chi connectivity index (χ0n) is 12.4. The van der Waals surface area contributed by atoms with Gasteiger partial charge in [-0.2, -0.15) is 10.2 Å². The van der Waals surface area contributed by atoms with Gasteiger partial charge in [-0.1, -0.05) is 6.92 Å². The maximum atomic E-state index is 12.1. The fourth-order valence-corrected chi connectivity index (χ4v) is 2.28. The molecule has 0 aliphatic rings. The molecule has 0 radical (unpaired) electrons. The average Bonchev–Trinajstić information content (AvgIpc) is 3.02. The summed E-state index contributed by atoms with van der Waals surface area (Å²) in [4.78, 5) is 12.1. The topological polar surface area (TPSA) is 64.7 Å². The molecule has 0 aliphatic carbocycles. The molecule has 6 nitrogen and oxygen atoms in total. The maximum absolute atomic E-state index is 12.1. The summed E-state index contributed by atoms with van der Waals surface area (Å²) in [5.41, 5.74) is 2.05. The van der Waals surface area contributed by atoms with Crippen LogP contribution in [-0.2, 0) is 18.3 Å². The molecule has 0 aliphatic heterocycles. The van der Waals surface area contributed by atoms with Gasteiger partial charge in [-0.15, -0.1) is 0 Å². The lowest BCUT2D eigenvalue weighted by atomic mass is 10.2. The molecule has 2 rings (SSSR count). The van der Waals surface area contributed by atoms with E-state index in [1.54, 1.807) is 15.6 Å². The van der Waals surface area contributed by atoms with Gasteiger partial charge in [0.2, 0.25) is 5.91 Å². The van der Waals surface area contributed by atoms with E-state index < -0.39 is 0 Å². The van der Waals surface area contributed by atoms with Gasteiger partial charge in [0.05, 0.1) is 11.7 Å². The summed E-state index contributed by atoms with van der Waals surface area (Å²) in [5, 5.41) is 11.5. The standard InChI is InChI=1S/C14H21N5O/c1-5-12-11(3)14(18(4)17-12)16-13(20)9-10(2)19-8-6-7-15-19/h6-8,10H,5,9H2,1-4H3,(H,16,20). The molecule has 108 valence electrons. The van der Waals surface area contributed by atoms with Gasteiger partial charge in [-0.3, -0.25) is 14.2 Å². The van der Waals surface area contributed by atoms with Gasteiger partial charge in [0.1, 0.15) is 5.82 Å². The molecule has 1 atom stereocenters. The van der Waals surface area contributed by atoms with Crippen LogP contribution in [0.1, 0.15) is 37.6 Å². The van der Waals surface area contributed by atoms with Crippen LogP contribution in [0.25, 0.3) is 0 Å². The molecule has 1 unspecified atom stereocenters. The number of rotatable bonds is 5. The first-order valence-electron chi connectivity index (χ1n) is 6.84. The lowest BCUT2D eigenvalue weighted by molar-refractivity contribution is -0.116. The van der Waals surface area contributed by atoms with Crippen molar-refractivity contribution in [3.05, 3.63) is 29.7 Å². The van der Waals surface area contributed by atoms with E-state index in [1.165, 1.54) is 0 Å². The van der Waals surface area contributed by atoms with Crippen LogP contribution >= 0.6 is 0 Å². The van der Waals surface area contributed by atoms with E-state index in [2.05, 4.69) is 22.4 Å². The molecule has 0 bridgehead atoms. The number of nitrogens with zero attached hydrogens (tertiary/aromatic N) is 4. The van der Waals surface area contributed by atoms with Gasteiger partial charge >= 0.3 is 0 Å². The zero-order chi connectivity index (χ0) is 14.7. The second kappa shape index (κ2) is 5.90. The molecule has 2 aromatic rings. The summed E-state index contributed by atoms with van der Waals surface area (Å²) in [6, 6.07) is 1.89. The number of aromatic nitrogens is 4. The van der Waals surface area contributed by atoms with E-state index in [0.717, 1.165) is 23.5 Å². The quantitative estimate of drug-likeness (QED) is 0.908. The molecule has 0 saturated heterocycles. The molecule has 0 saturated carbocycles. The van der Waals surface area contributed by atoms with Crippen molar-refractivity contribution in [1.29, 1.82) is 0 Å². The lowest BCUT2D eigenvalue weighted by Crippen LogP contribution is -2.19. The number of carbonyl (C=O) groups is 1. The normalized spacial score (nSPS) is 12.4. The highest BCUT2D eigenvalue weighted by Gasteiger charge is 2.16. The maximum Gasteiger partial charge on any atom is 0.227 e. The summed E-state index contributed by atoms with van der Waals surface area (Å²) in [6.45, 7) is 6.01. The van der Waals surface area contributed by atoms with Gasteiger partial charge in [-0.05, 0) is 26.3 Å². The Kier molecular flexibility index (Phi) is 4.22. The monoisotopic (exact) mass is 275 g/mol. The number of carbonyl (C=O) groups excluding carboxylic acids is 1. The van der Waals surface area contributed by atoms with E-state index in [0.29, 0.717) is 6.42 Å². The third kappa shape index (κ3) is 2.89. The molecule has 0 fully saturated rings. The fourth-order valence-electron chi connectivity index (χ4n) is 2.28. The number of amides is 1. The third-order valence-corrected chi connectivity index (χ3v) is 3.43. The Morgan fingerprint density at radius 2 is 2.25 bits per heavy atom. The van der Waals surface area contributed by atoms with Crippen LogP contribution in [0.3, 0.4) is 0 Å². The molecule has 1 N–H and O–H groups in total. The van der Waals surface area contributed by atoms with Gasteiger partial charge in [-0.25, -0.2) is 0 Å². The van der Waals surface area contributed by atoms with Crippen LogP contribution < -0.4 is 5.32 Å². The molecule has 1 amide bonds. The first kappa shape index (κ1) is 14.3. The molecule has 2 aromatic heterocycles. The van der Waals surface area contributed by atoms with Crippen LogP contribution in [-0.4, -0.2) is 25.5 Å². The summed E-state index contributed by atoms with van der Waals surface area (Å²) >= 11 is 0. The lowest BCUT2D eigenvalue weighted by Gasteiger charge is -2.12. The highest BCUT2D eigenvalue weighted by Crippen LogP contribution is 2.19. The largest absolute Gasteiger partial charge is 0.311 e. The van der Waals surface area contributed by atoms with Crippen LogP contribution in [0.4, 0.5) is 5.82 Å². The Labute approximate surface area is 118 Å². The van der Waals surface area contributed by atoms with Crippen LogP contribution in [0.15, 0.2) is 18.5 Å². The van der Waals surface area contributed by atoms with Crippen molar-refractivity contribution in [3.8, 4) is 0 Å². The van der Waals surface area contributed by atoms with Crippen molar-refractivity contribution in [3.63, 3.8) is 0 Å². The third-order valence-electron chi connectivity index (χ3n) is 3.43. The predicted molar refractivity (Wildman–Crippen MR) is 77.5 cm³/mol. The number of anilines is 1. The first-order valence-corrected chi connectivity index (χ1v) is 6.84. The molecular weight excluding hydrogens is 254 g/mol. The minimum Gasteiger partial charge on any atom is -0.311 e. The minimum atomic E-state index is -0.0262. The van der Waals surface area contributed by atoms with Gasteiger partial charge in [0, 0.05) is 31.4 Å². The summed E-state index contributed by atoms with van der Waals surface area (Å²) in [7, 11) is 1.85. The Balaban J connectivity index is 2.03. The van der Waals surface area contributed by atoms with E-state index in [4.69, 9.17) is 0 Å². The number of aryl methyl sites for hydroxylation is 2. The summed E-state index contributed by atoms with van der Waals surface area (Å²) < 4.78 is 3.51. The van der Waals surface area contributed by atoms with E-state index in [-0.39, 0.29) is 11.9 Å². The Morgan fingerprint density at radius 1 is 1.50 bits per heavy atom. The van der Waals surface area contributed by atoms with Crippen molar-refractivity contribution < 1.29 is 4.79 Å². The van der Waals surface area contributed by atoms with Crippen molar-refractivity contribution in [2.75, 3.05) is 5.32 Å². The predicted octanol–water partition coefficient (Wildman–Crippen LogP) is 2.08. The average molecular weight is 275 g/mol. The number of nitrogens with one attached hydrogen (secondary N) is 1. The van der Waals surface area contributed by atoms with E-state index in [1.807, 2.05) is 33.2 Å². The van der Waals surface area contributed by atoms with Gasteiger partial charge < -0.3 is 5.32 Å². The van der Waals surface area contributed by atoms with Crippen molar-refractivity contribution >= 4 is 11.7 Å². The van der Waals surface area contributed by atoms with E-state index in [9.17, 15) is 4.79 Å². The second-order valence-corrected chi connectivity index (χ2v) is 4.98. The second-order valence-electron chi connectivity index (χ2n) is 4.98. The van der Waals surface area contributed by atoms with Crippen molar-refractivity contribution in [1.82, 2.24) is 19.6 Å². The molecule has 2 heterocycles. The smallest absolute Gasteiger partial charge is 0.227 e. The highest BCUT2D eigenvalue weighted by molar-refractivity contribution is 5.90. The summed E-state index contributed by atoms with van der Waals surface area (Å²) in [5.74, 6) is 0.751. The minimum absolute atomic E-state index is 0.0262. The zero-order valence-corrected chi connectivity index (χ0v) is 12.4. The Bertz CT molecular complexity index is 585. The van der Waals surface area contributed by atoms with E-state index >= 15 is 0 Å². The molecule has 0 spiro atoms. The number of hydrogen-bond donors (Lipinski definition) is 1.